The lowest BCUT2D eigenvalue weighted by atomic mass is 9.91. The molecule has 6 heterocycles. The first-order chi connectivity index (χ1) is 66.0. The first-order valence-corrected chi connectivity index (χ1v) is 43.6. The Morgan fingerprint density at radius 1 is 0.244 bits per heavy atom. The molecule has 0 aliphatic rings. The zero-order valence-corrected chi connectivity index (χ0v) is 74.7. The normalized spacial score (nSPS) is 10.5. The number of rotatable bonds is 3. The monoisotopic (exact) mass is 1740 g/mol. The third-order valence-corrected chi connectivity index (χ3v) is 23.1. The van der Waals surface area contributed by atoms with Crippen LogP contribution in [0.4, 0.5) is 11.4 Å². The van der Waals surface area contributed by atoms with E-state index in [4.69, 9.17) is 28.1 Å². The number of imidazole rings is 3. The fourth-order valence-electron chi connectivity index (χ4n) is 16.6. The summed E-state index contributed by atoms with van der Waals surface area (Å²) < 4.78 is 4.76. The number of fused-ring (bicyclic) bond motifs is 12. The van der Waals surface area contributed by atoms with E-state index in [1.165, 1.54) is 33.4 Å². The molecule has 0 radical (unpaired) electrons. The van der Waals surface area contributed by atoms with E-state index in [9.17, 15) is 35.4 Å². The molecule has 0 N–H and O–H groups in total. The number of nitriles is 4. The summed E-state index contributed by atoms with van der Waals surface area (Å²) in [6.07, 6.45) is 0. The average molecular weight is 1740 g/mol. The van der Waals surface area contributed by atoms with Crippen molar-refractivity contribution in [1.29, 1.82) is 21.0 Å². The zero-order chi connectivity index (χ0) is 94.0. The molecule has 24 rings (SSSR count). The molecule has 0 fully saturated rings. The van der Waals surface area contributed by atoms with E-state index in [2.05, 4.69) is 148 Å². The van der Waals surface area contributed by atoms with Crippen molar-refractivity contribution in [1.82, 2.24) is 28.2 Å². The number of aryl methyl sites for hydroxylation is 6. The Bertz CT molecular complexity index is 8270. The summed E-state index contributed by atoms with van der Waals surface area (Å²) in [6.45, 7) is 27.1. The molecule has 642 valence electrons. The number of nitrogens with zero attached hydrogens (tertiary/aromatic N) is 12. The molecule has 24 aromatic rings. The van der Waals surface area contributed by atoms with Crippen LogP contribution in [0.15, 0.2) is 415 Å². The quantitative estimate of drug-likeness (QED) is 0.153. The number of pyridine rings is 3. The fourth-order valence-corrected chi connectivity index (χ4v) is 16.6. The van der Waals surface area contributed by atoms with E-state index >= 15 is 0 Å². The smallest absolute Gasteiger partial charge is 0.264 e. The molecule has 0 unspecified atom stereocenters. The van der Waals surface area contributed by atoms with Gasteiger partial charge >= 0.3 is 0 Å². The largest absolute Gasteiger partial charge is 0.268 e. The summed E-state index contributed by atoms with van der Waals surface area (Å²) in [5.74, 6) is 0. The molecule has 135 heavy (non-hydrogen) atoms. The third kappa shape index (κ3) is 19.0. The highest BCUT2D eigenvalue weighted by molar-refractivity contribution is 6.24. The second-order valence-corrected chi connectivity index (χ2v) is 32.2. The van der Waals surface area contributed by atoms with Crippen LogP contribution in [0.2, 0.25) is 0 Å². The standard InChI is InChI=1S/3C26H12N4O.6C7H8/c1-28-17-8-12-21-22(13-17)30-25(29-21)19-11-10-18(15-5-3-2-4-6-15)23-16(14-27)7-9-20(24(19)23)26(30)31;1-28-17-8-12-21-22(13-17)30-25(29-21)19-9-7-16(14-27)23-18(15-5-3-2-4-6-15)10-11-20(24(19)23)26(30)31;27-13-15-6-11-22-21(12-15)29-25-19-8-7-17(14-28)23-18(16-4-2-1-3-5-16)9-10-20(24(19)23)26(31)30(22)25;6*1-7-5-3-2-4-6-7/h2*2-13H;1-12H;6*2-6H,1H3. The summed E-state index contributed by atoms with van der Waals surface area (Å²) in [5, 5.41) is 47.3. The van der Waals surface area contributed by atoms with E-state index in [1.807, 2.05) is 249 Å². The predicted octanol–water partition coefficient (Wildman–Crippen LogP) is 28.3. The van der Waals surface area contributed by atoms with Crippen LogP contribution >= 0.6 is 0 Å². The maximum Gasteiger partial charge on any atom is 0.264 e. The van der Waals surface area contributed by atoms with Crippen LogP contribution in [0.1, 0.15) is 55.6 Å². The maximum absolute atomic E-state index is 13.6. The zero-order valence-electron chi connectivity index (χ0n) is 74.7. The van der Waals surface area contributed by atoms with Gasteiger partial charge in [-0.15, -0.1) is 0 Å². The highest BCUT2D eigenvalue weighted by Crippen LogP contribution is 2.43. The first-order valence-electron chi connectivity index (χ1n) is 43.6. The highest BCUT2D eigenvalue weighted by Gasteiger charge is 2.25. The van der Waals surface area contributed by atoms with Gasteiger partial charge in [-0.1, -0.05) is 337 Å². The molecule has 6 aromatic heterocycles. The van der Waals surface area contributed by atoms with Crippen LogP contribution in [0.3, 0.4) is 0 Å². The van der Waals surface area contributed by atoms with Crippen molar-refractivity contribution in [2.75, 3.05) is 0 Å². The number of hydrogen-bond acceptors (Lipinski definition) is 10. The lowest BCUT2D eigenvalue weighted by molar-refractivity contribution is 1.19. The molecular formula is C120H84N12O3. The van der Waals surface area contributed by atoms with Crippen LogP contribution in [-0.2, 0) is 0 Å². The molecule has 0 saturated carbocycles. The van der Waals surface area contributed by atoms with E-state index in [0.29, 0.717) is 99.8 Å². The van der Waals surface area contributed by atoms with E-state index in [0.717, 1.165) is 81.9 Å². The van der Waals surface area contributed by atoms with Crippen LogP contribution in [0.25, 0.3) is 158 Å². The van der Waals surface area contributed by atoms with Crippen molar-refractivity contribution in [2.24, 2.45) is 0 Å². The molecule has 0 atom stereocenters. The summed E-state index contributed by atoms with van der Waals surface area (Å²) in [4.78, 5) is 61.8. The lowest BCUT2D eigenvalue weighted by Gasteiger charge is -2.13. The van der Waals surface area contributed by atoms with E-state index in [-0.39, 0.29) is 16.7 Å². The topological polar surface area (TPSA) is 207 Å². The minimum atomic E-state index is -0.202. The van der Waals surface area contributed by atoms with Gasteiger partial charge in [0.1, 0.15) is 16.9 Å². The minimum absolute atomic E-state index is 0.186. The Morgan fingerprint density at radius 2 is 0.496 bits per heavy atom. The third-order valence-electron chi connectivity index (χ3n) is 23.1. The molecule has 0 aliphatic carbocycles. The summed E-state index contributed by atoms with van der Waals surface area (Å²) in [7, 11) is 0. The van der Waals surface area contributed by atoms with Gasteiger partial charge in [-0.2, -0.15) is 21.0 Å². The molecular weight excluding hydrogens is 1660 g/mol. The Hall–Kier alpha value is -18.9. The SMILES string of the molecule is Cc1ccccc1.Cc1ccccc1.Cc1ccccc1.Cc1ccccc1.Cc1ccccc1.Cc1ccccc1.N#Cc1ccc2c(c1)nc1c3ccc(C#N)c4c(-c5ccccc5)ccc(c(=O)n21)c43.[C-]#[N+]c1ccc2nc3c4ccc(-c5ccccc5)c5c(C#N)ccc(c(=O)n3c2c1)c54.[C-]#[N+]c1ccc2nc3c4ccc(C#N)c5c(-c6ccccc6)ccc(c(=O)n3c2c1)c54. The van der Waals surface area contributed by atoms with Gasteiger partial charge in [0, 0.05) is 64.6 Å². The summed E-state index contributed by atoms with van der Waals surface area (Å²) >= 11 is 0. The van der Waals surface area contributed by atoms with Crippen molar-refractivity contribution >= 4 is 126 Å². The Balaban J connectivity index is 0.000000121. The van der Waals surface area contributed by atoms with Crippen molar-refractivity contribution in [3.05, 3.63) is 510 Å². The fraction of sp³-hybridized carbons (Fsp3) is 0.0500. The summed E-state index contributed by atoms with van der Waals surface area (Å²) in [5.41, 5.74) is 21.4. The second kappa shape index (κ2) is 41.0. The molecule has 0 aliphatic heterocycles. The number of hydrogen-bond donors (Lipinski definition) is 0. The summed E-state index contributed by atoms with van der Waals surface area (Å²) in [6, 6.07) is 138. The van der Waals surface area contributed by atoms with Crippen LogP contribution in [0.5, 0.6) is 0 Å². The van der Waals surface area contributed by atoms with Gasteiger partial charge in [-0.25, -0.2) is 24.6 Å². The van der Waals surface area contributed by atoms with Gasteiger partial charge in [-0.05, 0) is 172 Å². The molecule has 0 saturated heterocycles. The molecule has 15 nitrogen and oxygen atoms in total. The van der Waals surface area contributed by atoms with Gasteiger partial charge in [-0.3, -0.25) is 27.6 Å². The lowest BCUT2D eigenvalue weighted by Crippen LogP contribution is -2.13. The highest BCUT2D eigenvalue weighted by atomic mass is 16.1. The Labute approximate surface area is 779 Å². The van der Waals surface area contributed by atoms with Gasteiger partial charge in [0.25, 0.3) is 16.7 Å². The predicted molar refractivity (Wildman–Crippen MR) is 550 cm³/mol. The van der Waals surface area contributed by atoms with E-state index < -0.39 is 0 Å². The van der Waals surface area contributed by atoms with Crippen molar-refractivity contribution in [3.63, 3.8) is 0 Å². The van der Waals surface area contributed by atoms with Gasteiger partial charge in [0.2, 0.25) is 0 Å². The molecule has 0 amide bonds. The number of benzene rings is 18. The van der Waals surface area contributed by atoms with Crippen LogP contribution in [0, 0.1) is 100 Å². The van der Waals surface area contributed by atoms with Crippen molar-refractivity contribution in [2.45, 2.75) is 41.5 Å². The molecule has 0 bridgehead atoms. The van der Waals surface area contributed by atoms with Crippen LogP contribution < -0.4 is 16.7 Å². The average Bonchev–Trinajstić information content (AvgIpc) is 1.66. The van der Waals surface area contributed by atoms with Crippen molar-refractivity contribution in [3.8, 4) is 57.7 Å². The molecule has 15 heteroatoms. The van der Waals surface area contributed by atoms with Gasteiger partial charge in [0.05, 0.1) is 92.8 Å². The van der Waals surface area contributed by atoms with Gasteiger partial charge in [0.15, 0.2) is 11.4 Å². The first kappa shape index (κ1) is 89.5. The second-order valence-electron chi connectivity index (χ2n) is 32.2. The van der Waals surface area contributed by atoms with Gasteiger partial charge < -0.3 is 0 Å². The Morgan fingerprint density at radius 3 is 0.756 bits per heavy atom. The maximum atomic E-state index is 13.6. The Kier molecular flexibility index (Phi) is 27.2. The minimum Gasteiger partial charge on any atom is -0.268 e. The number of aromatic nitrogens is 6. The van der Waals surface area contributed by atoms with E-state index in [1.54, 1.807) is 92.1 Å². The molecule has 0 spiro atoms. The van der Waals surface area contributed by atoms with Crippen molar-refractivity contribution < 1.29 is 0 Å². The van der Waals surface area contributed by atoms with Crippen LogP contribution in [-0.4, -0.2) is 28.2 Å². The molecule has 18 aromatic carbocycles.